The lowest BCUT2D eigenvalue weighted by atomic mass is 10.1. The van der Waals surface area contributed by atoms with Crippen molar-refractivity contribution in [3.63, 3.8) is 0 Å². The van der Waals surface area contributed by atoms with Gasteiger partial charge in [-0.25, -0.2) is 4.79 Å². The van der Waals surface area contributed by atoms with Gasteiger partial charge in [0.1, 0.15) is 12.3 Å². The van der Waals surface area contributed by atoms with Gasteiger partial charge in [-0.1, -0.05) is 0 Å². The van der Waals surface area contributed by atoms with E-state index in [2.05, 4.69) is 10.1 Å². The molecule has 0 saturated carbocycles. The largest absolute Gasteiger partial charge is 0.496 e. The van der Waals surface area contributed by atoms with Crippen molar-refractivity contribution < 1.29 is 33.5 Å². The number of hydrogen-bond acceptors (Lipinski definition) is 9. The Morgan fingerprint density at radius 1 is 1.03 bits per heavy atom. The van der Waals surface area contributed by atoms with E-state index in [1.54, 1.807) is 12.1 Å². The molecule has 1 heterocycles. The zero-order valence-electron chi connectivity index (χ0n) is 17.3. The topological polar surface area (TPSA) is 148 Å². The molecule has 12 nitrogen and oxygen atoms in total. The fourth-order valence-corrected chi connectivity index (χ4v) is 2.73. The lowest BCUT2D eigenvalue weighted by Gasteiger charge is -2.15. The Balaban J connectivity index is 2.25. The Labute approximate surface area is 176 Å². The first-order chi connectivity index (χ1) is 14.7. The van der Waals surface area contributed by atoms with Gasteiger partial charge in [-0.3, -0.25) is 24.3 Å². The summed E-state index contributed by atoms with van der Waals surface area (Å²) in [5.41, 5.74) is -1.55. The first-order valence-corrected chi connectivity index (χ1v) is 8.78. The quantitative estimate of drug-likeness (QED) is 0.344. The van der Waals surface area contributed by atoms with Gasteiger partial charge in [0.2, 0.25) is 5.91 Å². The Morgan fingerprint density at radius 2 is 1.65 bits per heavy atom. The molecule has 0 aliphatic heterocycles. The van der Waals surface area contributed by atoms with E-state index >= 15 is 0 Å². The number of nitro groups is 1. The van der Waals surface area contributed by atoms with Crippen LogP contribution in [0.5, 0.6) is 17.2 Å². The zero-order chi connectivity index (χ0) is 23.1. The second-order valence-electron chi connectivity index (χ2n) is 6.09. The molecule has 166 valence electrons. The van der Waals surface area contributed by atoms with Gasteiger partial charge >= 0.3 is 17.2 Å². The van der Waals surface area contributed by atoms with Crippen LogP contribution >= 0.6 is 0 Å². The van der Waals surface area contributed by atoms with Gasteiger partial charge in [0, 0.05) is 30.4 Å². The number of ether oxygens (including phenoxy) is 4. The van der Waals surface area contributed by atoms with E-state index in [0.717, 1.165) is 23.9 Å². The lowest BCUT2D eigenvalue weighted by molar-refractivity contribution is -0.386. The maximum Gasteiger partial charge on any atom is 0.339 e. The Hall–Kier alpha value is -4.09. The van der Waals surface area contributed by atoms with Crippen LogP contribution in [0.1, 0.15) is 15.9 Å². The highest BCUT2D eigenvalue weighted by Gasteiger charge is 2.21. The normalized spacial score (nSPS) is 10.2. The zero-order valence-corrected chi connectivity index (χ0v) is 17.3. The number of nitrogens with one attached hydrogen (secondary N) is 1. The fraction of sp³-hybridized carbons (Fsp3) is 0.316. The summed E-state index contributed by atoms with van der Waals surface area (Å²) >= 11 is 0. The smallest absolute Gasteiger partial charge is 0.339 e. The van der Waals surface area contributed by atoms with Crippen molar-refractivity contribution in [2.75, 3.05) is 28.4 Å². The van der Waals surface area contributed by atoms with Crippen LogP contribution in [-0.4, -0.2) is 49.8 Å². The van der Waals surface area contributed by atoms with Gasteiger partial charge in [-0.05, 0) is 6.07 Å². The van der Waals surface area contributed by atoms with Crippen LogP contribution in [0.4, 0.5) is 5.69 Å². The maximum atomic E-state index is 12.4. The van der Waals surface area contributed by atoms with Crippen molar-refractivity contribution in [3.05, 3.63) is 56.0 Å². The van der Waals surface area contributed by atoms with Crippen LogP contribution in [-0.2, 0) is 22.6 Å². The maximum absolute atomic E-state index is 12.4. The first-order valence-electron chi connectivity index (χ1n) is 8.78. The number of carbonyl (C=O) groups excluding carboxylic acids is 2. The van der Waals surface area contributed by atoms with E-state index in [9.17, 15) is 24.5 Å². The molecule has 0 saturated heterocycles. The number of rotatable bonds is 9. The average molecular weight is 435 g/mol. The van der Waals surface area contributed by atoms with E-state index in [1.165, 1.54) is 21.3 Å². The number of carbonyl (C=O) groups is 2. The standard InChI is InChI=1S/C19H21N3O9/c1-28-14-7-16(30-3)15(29-2)6-11(14)8-20-17(23)10-21-9-12(19(25)31-4)5-13(18(21)24)22(26)27/h5-7,9H,8,10H2,1-4H3,(H,20,23). The fourth-order valence-electron chi connectivity index (χ4n) is 2.73. The molecule has 12 heteroatoms. The molecule has 0 radical (unpaired) electrons. The van der Waals surface area contributed by atoms with Crippen LogP contribution in [0, 0.1) is 10.1 Å². The summed E-state index contributed by atoms with van der Waals surface area (Å²) in [7, 11) is 5.47. The minimum atomic E-state index is -1.03. The van der Waals surface area contributed by atoms with E-state index in [0.29, 0.717) is 22.8 Å². The van der Waals surface area contributed by atoms with Gasteiger partial charge in [0.15, 0.2) is 11.5 Å². The summed E-state index contributed by atoms with van der Waals surface area (Å²) in [4.78, 5) is 46.6. The Kier molecular flexibility index (Phi) is 7.55. The number of nitrogens with zero attached hydrogens (tertiary/aromatic N) is 2. The summed E-state index contributed by atoms with van der Waals surface area (Å²) in [6.07, 6.45) is 1.03. The van der Waals surface area contributed by atoms with Crippen LogP contribution in [0.15, 0.2) is 29.2 Å². The van der Waals surface area contributed by atoms with Crippen molar-refractivity contribution in [2.45, 2.75) is 13.1 Å². The van der Waals surface area contributed by atoms with E-state index in [-0.39, 0.29) is 12.1 Å². The molecule has 1 aromatic heterocycles. The highest BCUT2D eigenvalue weighted by atomic mass is 16.6. The molecule has 1 aromatic carbocycles. The second kappa shape index (κ2) is 10.1. The number of hydrogen-bond donors (Lipinski definition) is 1. The van der Waals surface area contributed by atoms with Crippen molar-refractivity contribution >= 4 is 17.6 Å². The molecule has 2 rings (SSSR count). The third-order valence-electron chi connectivity index (χ3n) is 4.26. The molecule has 31 heavy (non-hydrogen) atoms. The molecule has 0 fully saturated rings. The van der Waals surface area contributed by atoms with Crippen molar-refractivity contribution in [1.82, 2.24) is 9.88 Å². The van der Waals surface area contributed by atoms with Crippen LogP contribution in [0.3, 0.4) is 0 Å². The van der Waals surface area contributed by atoms with E-state index < -0.39 is 34.6 Å². The van der Waals surface area contributed by atoms with Crippen LogP contribution in [0.2, 0.25) is 0 Å². The number of esters is 1. The molecule has 0 bridgehead atoms. The molecule has 0 aliphatic carbocycles. The summed E-state index contributed by atoms with van der Waals surface area (Å²) in [5.74, 6) is -0.223. The predicted molar refractivity (Wildman–Crippen MR) is 107 cm³/mol. The van der Waals surface area contributed by atoms with Gasteiger partial charge in [-0.2, -0.15) is 0 Å². The molecule has 0 spiro atoms. The molecular weight excluding hydrogens is 414 g/mol. The number of amides is 1. The van der Waals surface area contributed by atoms with Gasteiger partial charge in [-0.15, -0.1) is 0 Å². The minimum Gasteiger partial charge on any atom is -0.496 e. The number of pyridine rings is 1. The summed E-state index contributed by atoms with van der Waals surface area (Å²) in [5, 5.41) is 13.7. The number of benzene rings is 1. The second-order valence-corrected chi connectivity index (χ2v) is 6.09. The third-order valence-corrected chi connectivity index (χ3v) is 4.26. The molecule has 0 unspecified atom stereocenters. The van der Waals surface area contributed by atoms with Gasteiger partial charge in [0.05, 0.1) is 38.9 Å². The monoisotopic (exact) mass is 435 g/mol. The highest BCUT2D eigenvalue weighted by Crippen LogP contribution is 2.34. The molecule has 0 atom stereocenters. The van der Waals surface area contributed by atoms with Crippen LogP contribution < -0.4 is 25.1 Å². The SMILES string of the molecule is COC(=O)c1cc([N+](=O)[O-])c(=O)n(CC(=O)NCc2cc(OC)c(OC)cc2OC)c1. The first kappa shape index (κ1) is 23.2. The number of aromatic nitrogens is 1. The minimum absolute atomic E-state index is 0.00982. The predicted octanol–water partition coefficient (Wildman–Crippen LogP) is 0.885. The Morgan fingerprint density at radius 3 is 2.19 bits per heavy atom. The van der Waals surface area contributed by atoms with E-state index in [4.69, 9.17) is 14.2 Å². The Bertz CT molecular complexity index is 1060. The molecule has 2 aromatic rings. The van der Waals surface area contributed by atoms with Gasteiger partial charge in [0.25, 0.3) is 0 Å². The summed E-state index contributed by atoms with van der Waals surface area (Å²) < 4.78 is 21.0. The molecule has 1 N–H and O–H groups in total. The van der Waals surface area contributed by atoms with E-state index in [1.807, 2.05) is 0 Å². The van der Waals surface area contributed by atoms with Crippen molar-refractivity contribution in [3.8, 4) is 17.2 Å². The number of methoxy groups -OCH3 is 4. The summed E-state index contributed by atoms with van der Waals surface area (Å²) in [6, 6.07) is 4.01. The molecule has 0 aliphatic rings. The average Bonchev–Trinajstić information content (AvgIpc) is 2.77. The third kappa shape index (κ3) is 5.29. The van der Waals surface area contributed by atoms with Crippen molar-refractivity contribution in [2.24, 2.45) is 0 Å². The molecular formula is C19H21N3O9. The highest BCUT2D eigenvalue weighted by molar-refractivity contribution is 5.89. The van der Waals surface area contributed by atoms with Crippen LogP contribution in [0.25, 0.3) is 0 Å². The summed E-state index contributed by atoms with van der Waals surface area (Å²) in [6.45, 7) is -0.546. The van der Waals surface area contributed by atoms with Crippen molar-refractivity contribution in [1.29, 1.82) is 0 Å². The lowest BCUT2D eigenvalue weighted by Crippen LogP contribution is -2.33. The molecule has 1 amide bonds. The van der Waals surface area contributed by atoms with Gasteiger partial charge < -0.3 is 24.3 Å².